The molecule has 1 spiro atoms. The van der Waals surface area contributed by atoms with Crippen molar-refractivity contribution in [2.75, 3.05) is 18.8 Å². The van der Waals surface area contributed by atoms with Gasteiger partial charge in [-0.1, -0.05) is 6.08 Å². The van der Waals surface area contributed by atoms with Gasteiger partial charge in [-0.05, 0) is 62.2 Å². The van der Waals surface area contributed by atoms with Crippen LogP contribution in [0.2, 0.25) is 0 Å². The Morgan fingerprint density at radius 2 is 1.85 bits per heavy atom. The molecule has 0 saturated carbocycles. The van der Waals surface area contributed by atoms with Gasteiger partial charge in [0.2, 0.25) is 0 Å². The molecule has 2 aliphatic rings. The van der Waals surface area contributed by atoms with Gasteiger partial charge in [-0.15, -0.1) is 0 Å². The van der Waals surface area contributed by atoms with Crippen LogP contribution in [0, 0.1) is 5.41 Å². The molecule has 138 valence electrons. The number of nitrogens with two attached hydrogens (primary N) is 1. The maximum Gasteiger partial charge on any atom is 0.163 e. The van der Waals surface area contributed by atoms with Crippen molar-refractivity contribution in [3.05, 3.63) is 42.6 Å². The number of rotatable bonds is 2. The van der Waals surface area contributed by atoms with E-state index in [1.54, 1.807) is 23.1 Å². The van der Waals surface area contributed by atoms with Gasteiger partial charge in [0, 0.05) is 24.8 Å². The summed E-state index contributed by atoms with van der Waals surface area (Å²) in [6, 6.07) is 1.82. The molecule has 0 atom stereocenters. The molecule has 5 rings (SSSR count). The molecule has 0 amide bonds. The Kier molecular flexibility index (Phi) is 3.89. The Morgan fingerprint density at radius 3 is 2.59 bits per heavy atom. The fraction of sp³-hybridized carbons (Fsp3) is 0.400. The fourth-order valence-electron chi connectivity index (χ4n) is 4.46. The van der Waals surface area contributed by atoms with Crippen molar-refractivity contribution in [2.24, 2.45) is 5.41 Å². The summed E-state index contributed by atoms with van der Waals surface area (Å²) >= 11 is 0. The van der Waals surface area contributed by atoms with E-state index in [4.69, 9.17) is 10.8 Å². The van der Waals surface area contributed by atoms with E-state index in [0.29, 0.717) is 17.1 Å². The Labute approximate surface area is 157 Å². The second kappa shape index (κ2) is 6.42. The Morgan fingerprint density at radius 1 is 1.04 bits per heavy atom. The zero-order valence-electron chi connectivity index (χ0n) is 15.2. The van der Waals surface area contributed by atoms with Crippen LogP contribution in [0.3, 0.4) is 0 Å². The monoisotopic (exact) mass is 361 g/mol. The summed E-state index contributed by atoms with van der Waals surface area (Å²) in [5, 5.41) is 8.32. The smallest absolute Gasteiger partial charge is 0.163 e. The van der Waals surface area contributed by atoms with E-state index < -0.39 is 0 Å². The Bertz CT molecular complexity index is 1000. The van der Waals surface area contributed by atoms with Crippen molar-refractivity contribution in [3.8, 4) is 11.4 Å². The number of nitrogens with zero attached hydrogens (tertiary/aromatic N) is 5. The third-order valence-corrected chi connectivity index (χ3v) is 6.04. The van der Waals surface area contributed by atoms with Crippen molar-refractivity contribution >= 4 is 16.9 Å². The number of hydrogen-bond acceptors (Lipinski definition) is 6. The number of aromatic nitrogens is 5. The second-order valence-electron chi connectivity index (χ2n) is 7.59. The van der Waals surface area contributed by atoms with Crippen molar-refractivity contribution in [1.29, 1.82) is 0 Å². The first-order valence-electron chi connectivity index (χ1n) is 9.56. The molecule has 0 radical (unpaired) electrons. The Hall–Kier alpha value is -2.80. The summed E-state index contributed by atoms with van der Waals surface area (Å²) in [6.45, 7) is 2.26. The molecule has 0 unspecified atom stereocenters. The van der Waals surface area contributed by atoms with Crippen LogP contribution >= 0.6 is 0 Å². The summed E-state index contributed by atoms with van der Waals surface area (Å²) < 4.78 is 1.80. The highest BCUT2D eigenvalue weighted by molar-refractivity contribution is 5.92. The highest BCUT2D eigenvalue weighted by Crippen LogP contribution is 2.46. The van der Waals surface area contributed by atoms with Gasteiger partial charge >= 0.3 is 0 Å². The van der Waals surface area contributed by atoms with Crippen molar-refractivity contribution in [1.82, 2.24) is 29.9 Å². The molecule has 1 aliphatic heterocycles. The molecular formula is C20H23N7. The number of fused-ring (bicyclic) bond motifs is 1. The zero-order valence-corrected chi connectivity index (χ0v) is 15.2. The summed E-state index contributed by atoms with van der Waals surface area (Å²) in [4.78, 5) is 13.2. The van der Waals surface area contributed by atoms with E-state index >= 15 is 0 Å². The number of nitrogen functional groups attached to an aromatic ring is 1. The van der Waals surface area contributed by atoms with Gasteiger partial charge in [-0.25, -0.2) is 19.5 Å². The zero-order chi connectivity index (χ0) is 18.3. The minimum Gasteiger partial charge on any atom is -0.382 e. The number of nitrogens with one attached hydrogen (secondary N) is 1. The molecule has 3 aromatic rings. The molecular weight excluding hydrogens is 338 g/mol. The van der Waals surface area contributed by atoms with Crippen LogP contribution in [-0.4, -0.2) is 37.7 Å². The maximum absolute atomic E-state index is 6.20. The van der Waals surface area contributed by atoms with E-state index in [1.165, 1.54) is 24.8 Å². The lowest BCUT2D eigenvalue weighted by Gasteiger charge is -2.40. The molecule has 0 bridgehead atoms. The average Bonchev–Trinajstić information content (AvgIpc) is 3.11. The minimum atomic E-state index is 0.449. The van der Waals surface area contributed by atoms with Crippen LogP contribution < -0.4 is 11.1 Å². The van der Waals surface area contributed by atoms with Gasteiger partial charge in [0.05, 0.1) is 5.56 Å². The lowest BCUT2D eigenvalue weighted by molar-refractivity contribution is 0.184. The standard InChI is InChI=1S/C20H23N7/c21-18-17-15(19-24-8-1-9-25-19)16(26-27(17)13-12-23-18)14-2-4-20(5-3-14)6-10-22-11-7-20/h1-2,8-9,12-13,22H,3-7,10-11H2,(H2,21,23). The first-order valence-corrected chi connectivity index (χ1v) is 9.56. The van der Waals surface area contributed by atoms with E-state index in [-0.39, 0.29) is 0 Å². The molecule has 1 aliphatic carbocycles. The van der Waals surface area contributed by atoms with Crippen LogP contribution in [0.15, 0.2) is 36.9 Å². The predicted molar refractivity (Wildman–Crippen MR) is 105 cm³/mol. The van der Waals surface area contributed by atoms with Crippen LogP contribution in [-0.2, 0) is 0 Å². The molecule has 27 heavy (non-hydrogen) atoms. The number of allylic oxidation sites excluding steroid dienone is 2. The van der Waals surface area contributed by atoms with E-state index in [2.05, 4.69) is 26.3 Å². The molecule has 0 aromatic carbocycles. The molecule has 7 nitrogen and oxygen atoms in total. The average molecular weight is 361 g/mol. The van der Waals surface area contributed by atoms with Gasteiger partial charge in [0.1, 0.15) is 17.0 Å². The largest absolute Gasteiger partial charge is 0.382 e. The van der Waals surface area contributed by atoms with Crippen molar-refractivity contribution in [3.63, 3.8) is 0 Å². The SMILES string of the molecule is Nc1nccn2nc(C3=CCC4(CCNCC4)CC3)c(-c3ncccn3)c12. The number of anilines is 1. The summed E-state index contributed by atoms with van der Waals surface area (Å²) in [6.07, 6.45) is 15.2. The van der Waals surface area contributed by atoms with Gasteiger partial charge in [-0.2, -0.15) is 5.10 Å². The van der Waals surface area contributed by atoms with Gasteiger partial charge in [-0.3, -0.25) is 0 Å². The number of piperidine rings is 1. The van der Waals surface area contributed by atoms with Gasteiger partial charge in [0.25, 0.3) is 0 Å². The quantitative estimate of drug-likeness (QED) is 0.729. The summed E-state index contributed by atoms with van der Waals surface area (Å²) in [5.74, 6) is 1.09. The van der Waals surface area contributed by atoms with Crippen molar-refractivity contribution in [2.45, 2.75) is 32.1 Å². The predicted octanol–water partition coefficient (Wildman–Crippen LogP) is 2.71. The summed E-state index contributed by atoms with van der Waals surface area (Å²) in [7, 11) is 0. The lowest BCUT2D eigenvalue weighted by atomic mass is 9.69. The Balaban J connectivity index is 1.63. The van der Waals surface area contributed by atoms with E-state index in [9.17, 15) is 0 Å². The first-order chi connectivity index (χ1) is 13.3. The van der Waals surface area contributed by atoms with Crippen LogP contribution in [0.1, 0.15) is 37.8 Å². The lowest BCUT2D eigenvalue weighted by Crippen LogP contribution is -2.37. The third kappa shape index (κ3) is 2.78. The minimum absolute atomic E-state index is 0.449. The molecule has 1 fully saturated rings. The fourth-order valence-corrected chi connectivity index (χ4v) is 4.46. The van der Waals surface area contributed by atoms with E-state index in [0.717, 1.165) is 42.7 Å². The molecule has 3 aromatic heterocycles. The highest BCUT2D eigenvalue weighted by atomic mass is 15.2. The topological polar surface area (TPSA) is 94.0 Å². The van der Waals surface area contributed by atoms with Crippen molar-refractivity contribution < 1.29 is 0 Å². The van der Waals surface area contributed by atoms with Gasteiger partial charge < -0.3 is 11.1 Å². The van der Waals surface area contributed by atoms with Crippen LogP contribution in [0.5, 0.6) is 0 Å². The normalized spacial score (nSPS) is 19.3. The molecule has 7 heteroatoms. The molecule has 3 N–H and O–H groups in total. The summed E-state index contributed by atoms with van der Waals surface area (Å²) in [5.41, 5.74) is 10.5. The maximum atomic E-state index is 6.20. The second-order valence-corrected chi connectivity index (χ2v) is 7.59. The van der Waals surface area contributed by atoms with Crippen LogP contribution in [0.4, 0.5) is 5.82 Å². The number of hydrogen-bond donors (Lipinski definition) is 2. The highest BCUT2D eigenvalue weighted by Gasteiger charge is 2.34. The molecule has 1 saturated heterocycles. The molecule has 4 heterocycles. The first kappa shape index (κ1) is 16.4. The van der Waals surface area contributed by atoms with E-state index in [1.807, 2.05) is 12.3 Å². The van der Waals surface area contributed by atoms with Crippen LogP contribution in [0.25, 0.3) is 22.5 Å². The third-order valence-electron chi connectivity index (χ3n) is 6.04. The van der Waals surface area contributed by atoms with Gasteiger partial charge in [0.15, 0.2) is 5.82 Å².